The number of amides is 1. The Hall–Kier alpha value is -1.89. The minimum atomic E-state index is -4.45. The molecule has 1 N–H and O–H groups in total. The molecule has 2 nitrogen and oxygen atoms in total. The van der Waals surface area contributed by atoms with Gasteiger partial charge in [0.25, 0.3) is 5.91 Å². The van der Waals surface area contributed by atoms with Gasteiger partial charge < -0.3 is 5.32 Å². The number of halogens is 4. The molecule has 0 saturated carbocycles. The van der Waals surface area contributed by atoms with Crippen LogP contribution in [0.4, 0.5) is 17.6 Å². The largest absolute Gasteiger partial charge is 0.425 e. The number of thiophene rings is 1. The third-order valence-electron chi connectivity index (χ3n) is 2.92. The lowest BCUT2D eigenvalue weighted by atomic mass is 10.1. The van der Waals surface area contributed by atoms with Crippen LogP contribution in [0.2, 0.25) is 0 Å². The summed E-state index contributed by atoms with van der Waals surface area (Å²) in [5.41, 5.74) is 0.704. The zero-order valence-corrected chi connectivity index (χ0v) is 12.4. The molecular weight excluding hydrogens is 318 g/mol. The molecule has 1 amide bonds. The lowest BCUT2D eigenvalue weighted by Gasteiger charge is -2.13. The van der Waals surface area contributed by atoms with Crippen molar-refractivity contribution in [1.82, 2.24) is 5.32 Å². The van der Waals surface area contributed by atoms with Crippen LogP contribution >= 0.6 is 11.3 Å². The van der Waals surface area contributed by atoms with Crippen molar-refractivity contribution in [1.29, 1.82) is 0 Å². The zero-order chi connectivity index (χ0) is 16.3. The third kappa shape index (κ3) is 4.30. The number of hydrogen-bond acceptors (Lipinski definition) is 2. The van der Waals surface area contributed by atoms with Crippen molar-refractivity contribution in [2.75, 3.05) is 0 Å². The molecule has 0 aliphatic heterocycles. The molecule has 7 heteroatoms. The molecule has 0 aliphatic rings. The summed E-state index contributed by atoms with van der Waals surface area (Å²) < 4.78 is 50.6. The first-order valence-corrected chi connectivity index (χ1v) is 7.29. The van der Waals surface area contributed by atoms with Gasteiger partial charge in [-0.05, 0) is 43.2 Å². The Morgan fingerprint density at radius 3 is 2.59 bits per heavy atom. The highest BCUT2D eigenvalue weighted by Gasteiger charge is 2.33. The molecule has 2 rings (SSSR count). The lowest BCUT2D eigenvalue weighted by Crippen LogP contribution is -2.33. The smallest absolute Gasteiger partial charge is 0.349 e. The maximum Gasteiger partial charge on any atom is 0.425 e. The fourth-order valence-electron chi connectivity index (χ4n) is 1.98. The molecule has 0 radical (unpaired) electrons. The van der Waals surface area contributed by atoms with Crippen molar-refractivity contribution >= 4 is 17.2 Å². The van der Waals surface area contributed by atoms with Gasteiger partial charge in [0.1, 0.15) is 10.7 Å². The fraction of sp³-hybridized carbons (Fsp3) is 0.267. The summed E-state index contributed by atoms with van der Waals surface area (Å²) in [6.07, 6.45) is -4.06. The van der Waals surface area contributed by atoms with E-state index in [0.717, 1.165) is 12.1 Å². The second-order valence-corrected chi connectivity index (χ2v) is 5.95. The maximum atomic E-state index is 13.1. The Kier molecular flexibility index (Phi) is 4.85. The quantitative estimate of drug-likeness (QED) is 0.833. The van der Waals surface area contributed by atoms with E-state index in [9.17, 15) is 22.4 Å². The summed E-state index contributed by atoms with van der Waals surface area (Å²) in [5, 5.41) is 2.61. The van der Waals surface area contributed by atoms with Crippen LogP contribution in [0.15, 0.2) is 36.4 Å². The van der Waals surface area contributed by atoms with E-state index in [4.69, 9.17) is 0 Å². The maximum absolute atomic E-state index is 13.1. The van der Waals surface area contributed by atoms with Crippen molar-refractivity contribution in [3.05, 3.63) is 57.5 Å². The average molecular weight is 331 g/mol. The number of carbonyl (C=O) groups excluding carboxylic acids is 1. The van der Waals surface area contributed by atoms with E-state index in [1.807, 2.05) is 0 Å². The summed E-state index contributed by atoms with van der Waals surface area (Å²) >= 11 is 0.402. The van der Waals surface area contributed by atoms with E-state index in [2.05, 4.69) is 5.32 Å². The molecule has 0 spiro atoms. The van der Waals surface area contributed by atoms with Crippen molar-refractivity contribution < 1.29 is 22.4 Å². The summed E-state index contributed by atoms with van der Waals surface area (Å²) in [4.78, 5) is 11.1. The highest BCUT2D eigenvalue weighted by molar-refractivity contribution is 7.14. The van der Waals surface area contributed by atoms with Gasteiger partial charge in [-0.15, -0.1) is 11.3 Å². The topological polar surface area (TPSA) is 29.1 Å². The number of nitrogens with one attached hydrogen (secondary N) is 1. The summed E-state index contributed by atoms with van der Waals surface area (Å²) in [6.45, 7) is 1.71. The molecule has 0 saturated heterocycles. The minimum Gasteiger partial charge on any atom is -0.349 e. The second-order valence-electron chi connectivity index (χ2n) is 4.87. The Morgan fingerprint density at radius 2 is 2.00 bits per heavy atom. The Morgan fingerprint density at radius 1 is 1.27 bits per heavy atom. The van der Waals surface area contributed by atoms with Crippen molar-refractivity contribution in [3.63, 3.8) is 0 Å². The minimum absolute atomic E-state index is 0.00147. The molecule has 2 aromatic rings. The highest BCUT2D eigenvalue weighted by atomic mass is 32.1. The van der Waals surface area contributed by atoms with Gasteiger partial charge >= 0.3 is 6.18 Å². The summed E-state index contributed by atoms with van der Waals surface area (Å²) in [7, 11) is 0. The van der Waals surface area contributed by atoms with Crippen molar-refractivity contribution in [3.8, 4) is 0 Å². The first kappa shape index (κ1) is 16.5. The van der Waals surface area contributed by atoms with Gasteiger partial charge in [-0.25, -0.2) is 4.39 Å². The van der Waals surface area contributed by atoms with Gasteiger partial charge in [0.05, 0.1) is 4.88 Å². The molecule has 22 heavy (non-hydrogen) atoms. The molecule has 1 unspecified atom stereocenters. The lowest BCUT2D eigenvalue weighted by molar-refractivity contribution is -0.134. The first-order valence-electron chi connectivity index (χ1n) is 6.48. The number of carbonyl (C=O) groups is 1. The van der Waals surface area contributed by atoms with E-state index in [1.165, 1.54) is 12.1 Å². The molecule has 1 aromatic carbocycles. The van der Waals surface area contributed by atoms with E-state index >= 15 is 0 Å². The van der Waals surface area contributed by atoms with Gasteiger partial charge in [-0.2, -0.15) is 13.2 Å². The summed E-state index contributed by atoms with van der Waals surface area (Å²) in [5.74, 6) is -0.937. The van der Waals surface area contributed by atoms with Gasteiger partial charge in [0.2, 0.25) is 0 Å². The first-order chi connectivity index (χ1) is 10.3. The van der Waals surface area contributed by atoms with Crippen LogP contribution < -0.4 is 5.32 Å². The molecular formula is C15H13F4NOS. The standard InChI is InChI=1S/C15H13F4NOS/c1-9(7-10-3-2-4-11(16)8-10)20-14(21)12-5-6-13(22-12)15(17,18)19/h2-6,8-9H,7H2,1H3,(H,20,21). The molecule has 1 heterocycles. The number of benzene rings is 1. The van der Waals surface area contributed by atoms with Gasteiger partial charge in [0, 0.05) is 6.04 Å². The van der Waals surface area contributed by atoms with Crippen LogP contribution in [0.25, 0.3) is 0 Å². The summed E-state index contributed by atoms with van der Waals surface area (Å²) in [6, 6.07) is 7.67. The normalized spacial score (nSPS) is 13.0. The Bertz CT molecular complexity index is 666. The number of hydrogen-bond donors (Lipinski definition) is 1. The van der Waals surface area contributed by atoms with Crippen LogP contribution in [0.5, 0.6) is 0 Å². The molecule has 1 aromatic heterocycles. The number of rotatable bonds is 4. The zero-order valence-electron chi connectivity index (χ0n) is 11.6. The highest BCUT2D eigenvalue weighted by Crippen LogP contribution is 2.34. The van der Waals surface area contributed by atoms with Crippen molar-refractivity contribution in [2.24, 2.45) is 0 Å². The van der Waals surface area contributed by atoms with Crippen LogP contribution in [0, 0.1) is 5.82 Å². The van der Waals surface area contributed by atoms with Gasteiger partial charge in [0.15, 0.2) is 0 Å². The average Bonchev–Trinajstić information content (AvgIpc) is 2.87. The molecule has 0 aliphatic carbocycles. The molecule has 0 fully saturated rings. The van der Waals surface area contributed by atoms with E-state index in [0.29, 0.717) is 23.3 Å². The molecule has 1 atom stereocenters. The van der Waals surface area contributed by atoms with Crippen LogP contribution in [0.1, 0.15) is 27.0 Å². The van der Waals surface area contributed by atoms with E-state index in [1.54, 1.807) is 19.1 Å². The van der Waals surface area contributed by atoms with Gasteiger partial charge in [-0.3, -0.25) is 4.79 Å². The van der Waals surface area contributed by atoms with Crippen molar-refractivity contribution in [2.45, 2.75) is 25.6 Å². The fourth-order valence-corrected chi connectivity index (χ4v) is 2.75. The third-order valence-corrected chi connectivity index (χ3v) is 4.05. The van der Waals surface area contributed by atoms with E-state index < -0.39 is 17.0 Å². The van der Waals surface area contributed by atoms with Crippen LogP contribution in [0.3, 0.4) is 0 Å². The number of alkyl halides is 3. The van der Waals surface area contributed by atoms with E-state index in [-0.39, 0.29) is 16.7 Å². The Labute approximate surface area is 128 Å². The Balaban J connectivity index is 1.98. The predicted molar refractivity (Wildman–Crippen MR) is 76.4 cm³/mol. The SMILES string of the molecule is CC(Cc1cccc(F)c1)NC(=O)c1ccc(C(F)(F)F)s1. The van der Waals surface area contributed by atoms with Crippen LogP contribution in [-0.2, 0) is 12.6 Å². The molecule has 0 bridgehead atoms. The second kappa shape index (κ2) is 6.48. The van der Waals surface area contributed by atoms with Gasteiger partial charge in [-0.1, -0.05) is 12.1 Å². The van der Waals surface area contributed by atoms with Crippen LogP contribution in [-0.4, -0.2) is 11.9 Å². The molecule has 118 valence electrons. The monoisotopic (exact) mass is 331 g/mol. The predicted octanol–water partition coefficient (Wildman–Crippen LogP) is 4.27.